The quantitative estimate of drug-likeness (QED) is 0.176. The second-order valence-electron chi connectivity index (χ2n) is 17.9. The molecule has 0 radical (unpaired) electrons. The van der Waals surface area contributed by atoms with E-state index in [1.807, 2.05) is 29.6 Å². The smallest absolute Gasteiger partial charge is 0.137 e. The number of hydrogen-bond donors (Lipinski definition) is 0. The van der Waals surface area contributed by atoms with E-state index in [9.17, 15) is 0 Å². The molecule has 0 unspecified atom stereocenters. The van der Waals surface area contributed by atoms with E-state index in [1.165, 1.54) is 86.3 Å². The van der Waals surface area contributed by atoms with Crippen molar-refractivity contribution < 1.29 is 4.42 Å². The van der Waals surface area contributed by atoms with Crippen molar-refractivity contribution in [2.24, 2.45) is 0 Å². The Morgan fingerprint density at radius 1 is 0.288 bits per heavy atom. The zero-order valence-electron chi connectivity index (χ0n) is 35.5. The summed E-state index contributed by atoms with van der Waals surface area (Å²) in [5.41, 5.74) is 19.8. The lowest BCUT2D eigenvalue weighted by Gasteiger charge is -2.40. The van der Waals surface area contributed by atoms with Crippen LogP contribution in [0.3, 0.4) is 0 Å². The highest BCUT2D eigenvalue weighted by Gasteiger charge is 2.52. The Labute approximate surface area is 391 Å². The first-order chi connectivity index (χ1) is 32.7. The third-order valence-electron chi connectivity index (χ3n) is 14.8. The molecule has 2 spiro atoms. The van der Waals surface area contributed by atoms with Gasteiger partial charge in [0.2, 0.25) is 0 Å². The van der Waals surface area contributed by atoms with E-state index in [-0.39, 0.29) is 0 Å². The fourth-order valence-corrected chi connectivity index (χ4v) is 14.7. The van der Waals surface area contributed by atoms with Gasteiger partial charge in [-0.1, -0.05) is 175 Å². The van der Waals surface area contributed by atoms with Gasteiger partial charge in [-0.2, -0.15) is 0 Å². The molecule has 11 aromatic rings. The van der Waals surface area contributed by atoms with Gasteiger partial charge in [-0.15, -0.1) is 0 Å². The highest BCUT2D eigenvalue weighted by atomic mass is 32.2. The highest BCUT2D eigenvalue weighted by Crippen LogP contribution is 2.65. The summed E-state index contributed by atoms with van der Waals surface area (Å²) in [7, 11) is 0. The van der Waals surface area contributed by atoms with Crippen LogP contribution in [0.5, 0.6) is 0 Å². The highest BCUT2D eigenvalue weighted by molar-refractivity contribution is 7.99. The lowest BCUT2D eigenvalue weighted by atomic mass is 9.67. The number of fused-ring (bicyclic) bond motifs is 21. The fourth-order valence-electron chi connectivity index (χ4n) is 12.3. The monoisotopic (exact) mass is 875 g/mol. The zero-order chi connectivity index (χ0) is 43.1. The first-order valence-electron chi connectivity index (χ1n) is 22.7. The van der Waals surface area contributed by atoms with Crippen molar-refractivity contribution in [3.63, 3.8) is 0 Å². The van der Waals surface area contributed by atoms with E-state index in [2.05, 4.69) is 223 Å². The minimum atomic E-state index is -0.502. The molecule has 2 aliphatic carbocycles. The predicted molar refractivity (Wildman–Crippen MR) is 271 cm³/mol. The molecule has 2 nitrogen and oxygen atoms in total. The normalized spacial score (nSPS) is 14.8. The van der Waals surface area contributed by atoms with E-state index in [0.717, 1.165) is 39.0 Å². The number of hydrogen-bond acceptors (Lipinski definition) is 4. The Bertz CT molecular complexity index is 3790. The minimum Gasteiger partial charge on any atom is -0.456 e. The third kappa shape index (κ3) is 4.70. The Kier molecular flexibility index (Phi) is 7.54. The van der Waals surface area contributed by atoms with E-state index >= 15 is 0 Å². The van der Waals surface area contributed by atoms with Crippen molar-refractivity contribution in [2.75, 3.05) is 4.90 Å². The van der Waals surface area contributed by atoms with Crippen molar-refractivity contribution in [1.29, 1.82) is 0 Å². The van der Waals surface area contributed by atoms with Gasteiger partial charge in [-0.05, 0) is 133 Å². The van der Waals surface area contributed by atoms with Gasteiger partial charge in [0.25, 0.3) is 0 Å². The van der Waals surface area contributed by atoms with Gasteiger partial charge in [0.05, 0.1) is 10.8 Å². The Hall–Kier alpha value is -7.50. The second-order valence-corrected chi connectivity index (χ2v) is 20.0. The summed E-state index contributed by atoms with van der Waals surface area (Å²) in [6.45, 7) is 0. The number of benzene rings is 10. The van der Waals surface area contributed by atoms with E-state index in [0.29, 0.717) is 0 Å². The van der Waals surface area contributed by atoms with Crippen LogP contribution in [0.25, 0.3) is 44.2 Å². The van der Waals surface area contributed by atoms with E-state index < -0.39 is 10.8 Å². The molecule has 15 rings (SSSR count). The van der Waals surface area contributed by atoms with Crippen LogP contribution in [-0.4, -0.2) is 0 Å². The van der Waals surface area contributed by atoms with Crippen molar-refractivity contribution >= 4 is 62.5 Å². The summed E-state index contributed by atoms with van der Waals surface area (Å²) in [4.78, 5) is 7.67. The van der Waals surface area contributed by atoms with Crippen LogP contribution in [0.2, 0.25) is 0 Å². The van der Waals surface area contributed by atoms with Crippen LogP contribution in [-0.2, 0) is 10.8 Å². The fraction of sp³-hybridized carbons (Fsp3) is 0.0323. The maximum Gasteiger partial charge on any atom is 0.137 e. The maximum atomic E-state index is 6.63. The first-order valence-corrected chi connectivity index (χ1v) is 24.3. The number of anilines is 3. The third-order valence-corrected chi connectivity index (χ3v) is 17.1. The lowest BCUT2D eigenvalue weighted by Crippen LogP contribution is -2.32. The molecule has 3 heterocycles. The van der Waals surface area contributed by atoms with Crippen LogP contribution in [0.4, 0.5) is 17.1 Å². The van der Waals surface area contributed by atoms with Gasteiger partial charge in [-0.25, -0.2) is 0 Å². The first kappa shape index (κ1) is 36.8. The molecule has 0 N–H and O–H groups in total. The molecule has 0 fully saturated rings. The van der Waals surface area contributed by atoms with Crippen LogP contribution < -0.4 is 4.90 Å². The molecule has 0 atom stereocenters. The molecule has 0 bridgehead atoms. The average Bonchev–Trinajstić information content (AvgIpc) is 3.99. The number of furan rings is 1. The van der Waals surface area contributed by atoms with Crippen molar-refractivity contribution in [3.8, 4) is 22.3 Å². The molecule has 0 saturated heterocycles. The Morgan fingerprint density at radius 3 is 1.32 bits per heavy atom. The molecule has 308 valence electrons. The number of para-hydroxylation sites is 1. The SMILES string of the molecule is c1ccc2c(c1)Sc1ccccc1C21c2ccccc2-c2cc(N(c3ccc4c(c3)C3(c5ccccc5Sc5ccccc53)c3ccccc3-4)c3ccc4c(c3)oc3ccccc34)ccc21. The van der Waals surface area contributed by atoms with Crippen molar-refractivity contribution in [1.82, 2.24) is 0 Å². The second kappa shape index (κ2) is 13.5. The zero-order valence-corrected chi connectivity index (χ0v) is 37.2. The van der Waals surface area contributed by atoms with Crippen LogP contribution in [0.15, 0.2) is 248 Å². The summed E-state index contributed by atoms with van der Waals surface area (Å²) in [6.07, 6.45) is 0. The Balaban J connectivity index is 1.01. The van der Waals surface area contributed by atoms with Crippen molar-refractivity contribution in [2.45, 2.75) is 30.4 Å². The van der Waals surface area contributed by atoms with Gasteiger partial charge in [-0.3, -0.25) is 0 Å². The van der Waals surface area contributed by atoms with Gasteiger partial charge >= 0.3 is 0 Å². The minimum absolute atomic E-state index is 0.452. The largest absolute Gasteiger partial charge is 0.456 e. The maximum absolute atomic E-state index is 6.63. The average molecular weight is 876 g/mol. The molecule has 0 amide bonds. The molecule has 4 aliphatic rings. The summed E-state index contributed by atoms with van der Waals surface area (Å²) >= 11 is 3.77. The van der Waals surface area contributed by atoms with Gasteiger partial charge in [0.15, 0.2) is 0 Å². The van der Waals surface area contributed by atoms with Gasteiger partial charge in [0.1, 0.15) is 11.2 Å². The molecule has 1 aromatic heterocycles. The molecule has 66 heavy (non-hydrogen) atoms. The topological polar surface area (TPSA) is 16.4 Å². The van der Waals surface area contributed by atoms with Crippen molar-refractivity contribution in [3.05, 3.63) is 269 Å². The molecule has 10 aromatic carbocycles. The number of nitrogens with zero attached hydrogens (tertiary/aromatic N) is 1. The van der Waals surface area contributed by atoms with E-state index in [1.54, 1.807) is 0 Å². The predicted octanol–water partition coefficient (Wildman–Crippen LogP) is 16.7. The van der Waals surface area contributed by atoms with Crippen LogP contribution >= 0.6 is 23.5 Å². The molecular weight excluding hydrogens is 839 g/mol. The molecule has 2 aliphatic heterocycles. The molecular formula is C62H37NOS2. The Morgan fingerprint density at radius 2 is 0.697 bits per heavy atom. The standard InChI is InChI=1S/C62H37NOS2/c1-4-18-47-41(15-1)43-32-29-39(36-54(43)62(47)52-22-8-13-27-59(52)66-60-28-14-9-23-53(60)62)63(40-30-33-45-44-17-3-10-24-55(44)64-56(45)37-40)38-31-34-49-46(35-38)42-16-2-5-19-48(42)61(49)50-20-6-11-25-57(50)65-58-26-12-7-21-51(58)61/h1-37H. The van der Waals surface area contributed by atoms with Crippen LogP contribution in [0.1, 0.15) is 44.5 Å². The lowest BCUT2D eigenvalue weighted by molar-refractivity contribution is 0.669. The number of rotatable bonds is 3. The molecule has 0 saturated carbocycles. The van der Waals surface area contributed by atoms with Gasteiger partial charge in [0, 0.05) is 53.5 Å². The van der Waals surface area contributed by atoms with Gasteiger partial charge < -0.3 is 9.32 Å². The summed E-state index contributed by atoms with van der Waals surface area (Å²) in [6, 6.07) is 83.9. The molecule has 4 heteroatoms. The summed E-state index contributed by atoms with van der Waals surface area (Å²) in [5, 5.41) is 2.24. The summed E-state index contributed by atoms with van der Waals surface area (Å²) < 4.78 is 6.63. The van der Waals surface area contributed by atoms with E-state index in [4.69, 9.17) is 4.42 Å². The van der Waals surface area contributed by atoms with Crippen LogP contribution in [0, 0.1) is 0 Å². The summed E-state index contributed by atoms with van der Waals surface area (Å²) in [5.74, 6) is 0.